The van der Waals surface area contributed by atoms with E-state index in [0.29, 0.717) is 12.8 Å². The van der Waals surface area contributed by atoms with Crippen LogP contribution in [0.2, 0.25) is 0 Å². The van der Waals surface area contributed by atoms with Gasteiger partial charge in [0, 0.05) is 11.8 Å². The van der Waals surface area contributed by atoms with E-state index in [1.807, 2.05) is 6.07 Å². The van der Waals surface area contributed by atoms with E-state index in [2.05, 4.69) is 10.1 Å². The van der Waals surface area contributed by atoms with E-state index in [4.69, 9.17) is 5.26 Å². The van der Waals surface area contributed by atoms with E-state index in [0.717, 1.165) is 12.1 Å². The first-order valence-corrected chi connectivity index (χ1v) is 5.43. The molecule has 19 heavy (non-hydrogen) atoms. The van der Waals surface area contributed by atoms with Crippen LogP contribution in [0.15, 0.2) is 24.3 Å². The minimum Gasteiger partial charge on any atom is -0.406 e. The van der Waals surface area contributed by atoms with Gasteiger partial charge in [-0.25, -0.2) is 0 Å². The first-order valence-electron chi connectivity index (χ1n) is 5.43. The molecule has 1 amide bonds. The maximum atomic E-state index is 12.0. The lowest BCUT2D eigenvalue weighted by Gasteiger charge is -2.11. The molecule has 0 saturated heterocycles. The molecule has 1 aliphatic rings. The number of anilines is 1. The van der Waals surface area contributed by atoms with Gasteiger partial charge in [-0.1, -0.05) is 6.07 Å². The molecule has 0 aliphatic heterocycles. The Labute approximate surface area is 106 Å². The highest BCUT2D eigenvalue weighted by molar-refractivity contribution is 5.99. The molecular weight excluding hydrogens is 261 g/mol. The number of hydrogen-bond donors (Lipinski definition) is 1. The molecule has 0 aromatic heterocycles. The molecule has 1 aromatic rings. The fourth-order valence-corrected chi connectivity index (χ4v) is 1.54. The van der Waals surface area contributed by atoms with E-state index in [9.17, 15) is 18.0 Å². The molecule has 1 aliphatic carbocycles. The minimum atomic E-state index is -4.78. The number of ether oxygens (including phenoxy) is 1. The van der Waals surface area contributed by atoms with Gasteiger partial charge in [-0.15, -0.1) is 13.2 Å². The third-order valence-corrected chi connectivity index (χ3v) is 2.72. The van der Waals surface area contributed by atoms with Crippen molar-refractivity contribution >= 4 is 11.6 Å². The molecule has 0 bridgehead atoms. The van der Waals surface area contributed by atoms with Crippen LogP contribution in [0.25, 0.3) is 0 Å². The average molecular weight is 270 g/mol. The number of rotatable bonds is 3. The molecular formula is C12H9F3N2O2. The van der Waals surface area contributed by atoms with Crippen molar-refractivity contribution in [3.8, 4) is 11.8 Å². The number of nitrogens with one attached hydrogen (secondary N) is 1. The zero-order valence-electron chi connectivity index (χ0n) is 9.62. The fourth-order valence-electron chi connectivity index (χ4n) is 1.54. The van der Waals surface area contributed by atoms with E-state index < -0.39 is 23.4 Å². The van der Waals surface area contributed by atoms with Crippen molar-refractivity contribution in [3.05, 3.63) is 24.3 Å². The number of hydrogen-bond acceptors (Lipinski definition) is 3. The average Bonchev–Trinajstić information content (AvgIpc) is 3.07. The summed E-state index contributed by atoms with van der Waals surface area (Å²) in [5.74, 6) is -0.925. The summed E-state index contributed by atoms with van der Waals surface area (Å²) in [5.41, 5.74) is -0.866. The summed E-state index contributed by atoms with van der Waals surface area (Å²) in [5, 5.41) is 11.2. The molecule has 4 nitrogen and oxygen atoms in total. The molecule has 0 spiro atoms. The number of benzene rings is 1. The molecule has 7 heteroatoms. The fraction of sp³-hybridized carbons (Fsp3) is 0.333. The van der Waals surface area contributed by atoms with Gasteiger partial charge in [-0.05, 0) is 25.0 Å². The standard InChI is InChI=1S/C12H9F3N2O2/c13-12(14,15)19-9-3-1-2-8(6-9)17-10(18)11(7-16)4-5-11/h1-3,6H,4-5H2,(H,17,18). The smallest absolute Gasteiger partial charge is 0.406 e. The van der Waals surface area contributed by atoms with Crippen molar-refractivity contribution in [2.75, 3.05) is 5.32 Å². The normalized spacial score (nSPS) is 16.3. The molecule has 0 radical (unpaired) electrons. The molecule has 1 N–H and O–H groups in total. The van der Waals surface area contributed by atoms with E-state index in [-0.39, 0.29) is 5.69 Å². The van der Waals surface area contributed by atoms with Crippen molar-refractivity contribution in [1.82, 2.24) is 0 Å². The van der Waals surface area contributed by atoms with Gasteiger partial charge in [0.15, 0.2) is 0 Å². The second-order valence-corrected chi connectivity index (χ2v) is 4.22. The van der Waals surface area contributed by atoms with Crippen LogP contribution in [0.3, 0.4) is 0 Å². The number of halogens is 3. The second-order valence-electron chi connectivity index (χ2n) is 4.22. The highest BCUT2D eigenvalue weighted by atomic mass is 19.4. The number of alkyl halides is 3. The van der Waals surface area contributed by atoms with Crippen molar-refractivity contribution in [1.29, 1.82) is 5.26 Å². The lowest BCUT2D eigenvalue weighted by Crippen LogP contribution is -2.23. The van der Waals surface area contributed by atoms with Gasteiger partial charge in [0.25, 0.3) is 0 Å². The lowest BCUT2D eigenvalue weighted by molar-refractivity contribution is -0.274. The summed E-state index contributed by atoms with van der Waals surface area (Å²) in [4.78, 5) is 11.7. The predicted octanol–water partition coefficient (Wildman–Crippen LogP) is 2.83. The Balaban J connectivity index is 2.08. The first-order chi connectivity index (χ1) is 8.85. The van der Waals surface area contributed by atoms with Crippen molar-refractivity contribution in [3.63, 3.8) is 0 Å². The largest absolute Gasteiger partial charge is 0.573 e. The summed E-state index contributed by atoms with van der Waals surface area (Å²) in [6.07, 6.45) is -3.85. The monoisotopic (exact) mass is 270 g/mol. The van der Waals surface area contributed by atoms with Gasteiger partial charge in [-0.3, -0.25) is 4.79 Å². The maximum Gasteiger partial charge on any atom is 0.573 e. The van der Waals surface area contributed by atoms with E-state index >= 15 is 0 Å². The lowest BCUT2D eigenvalue weighted by atomic mass is 10.1. The molecule has 0 unspecified atom stereocenters. The number of nitrogens with zero attached hydrogens (tertiary/aromatic N) is 1. The van der Waals surface area contributed by atoms with Crippen LogP contribution in [0.1, 0.15) is 12.8 Å². The van der Waals surface area contributed by atoms with E-state index in [1.54, 1.807) is 0 Å². The molecule has 1 fully saturated rings. The van der Waals surface area contributed by atoms with Crippen molar-refractivity contribution in [2.45, 2.75) is 19.2 Å². The summed E-state index contributed by atoms with van der Waals surface area (Å²) >= 11 is 0. The van der Waals surface area contributed by atoms with Gasteiger partial charge in [0.2, 0.25) is 5.91 Å². The van der Waals surface area contributed by atoms with Crippen LogP contribution in [-0.4, -0.2) is 12.3 Å². The summed E-state index contributed by atoms with van der Waals surface area (Å²) < 4.78 is 39.8. The number of carbonyl (C=O) groups is 1. The molecule has 100 valence electrons. The van der Waals surface area contributed by atoms with Crippen molar-refractivity contribution in [2.24, 2.45) is 5.41 Å². The SMILES string of the molecule is N#CC1(C(=O)Nc2cccc(OC(F)(F)F)c2)CC1. The summed E-state index contributed by atoms with van der Waals surface area (Å²) in [7, 11) is 0. The molecule has 1 saturated carbocycles. The topological polar surface area (TPSA) is 62.1 Å². The van der Waals surface area contributed by atoms with Crippen molar-refractivity contribution < 1.29 is 22.7 Å². The second kappa shape index (κ2) is 4.46. The summed E-state index contributed by atoms with van der Waals surface area (Å²) in [6, 6.07) is 6.83. The zero-order chi connectivity index (χ0) is 14.1. The molecule has 1 aromatic carbocycles. The maximum absolute atomic E-state index is 12.0. The highest BCUT2D eigenvalue weighted by Crippen LogP contribution is 2.45. The van der Waals surface area contributed by atoms with Gasteiger partial charge in [0.05, 0.1) is 6.07 Å². The molecule has 0 heterocycles. The Morgan fingerprint density at radius 2 is 2.11 bits per heavy atom. The van der Waals surface area contributed by atoms with Crippen LogP contribution >= 0.6 is 0 Å². The minimum absolute atomic E-state index is 0.160. The number of nitriles is 1. The predicted molar refractivity (Wildman–Crippen MR) is 59.0 cm³/mol. The Bertz CT molecular complexity index is 545. The van der Waals surface area contributed by atoms with Crippen LogP contribution < -0.4 is 10.1 Å². The van der Waals surface area contributed by atoms with Gasteiger partial charge < -0.3 is 10.1 Å². The molecule has 0 atom stereocenters. The van der Waals surface area contributed by atoms with Gasteiger partial charge in [-0.2, -0.15) is 5.26 Å². The van der Waals surface area contributed by atoms with Crippen LogP contribution in [0, 0.1) is 16.7 Å². The first kappa shape index (κ1) is 13.2. The third kappa shape index (κ3) is 3.16. The van der Waals surface area contributed by atoms with Crippen LogP contribution in [0.4, 0.5) is 18.9 Å². The Kier molecular flexibility index (Phi) is 3.10. The highest BCUT2D eigenvalue weighted by Gasteiger charge is 2.50. The Morgan fingerprint density at radius 3 is 2.63 bits per heavy atom. The molecule has 2 rings (SSSR count). The van der Waals surface area contributed by atoms with Crippen LogP contribution in [-0.2, 0) is 4.79 Å². The Hall–Kier alpha value is -2.23. The Morgan fingerprint density at radius 1 is 1.42 bits per heavy atom. The van der Waals surface area contributed by atoms with Crippen LogP contribution in [0.5, 0.6) is 5.75 Å². The van der Waals surface area contributed by atoms with E-state index in [1.165, 1.54) is 12.1 Å². The zero-order valence-corrected chi connectivity index (χ0v) is 9.62. The number of amides is 1. The van der Waals surface area contributed by atoms with Gasteiger partial charge >= 0.3 is 6.36 Å². The quantitative estimate of drug-likeness (QED) is 0.918. The summed E-state index contributed by atoms with van der Waals surface area (Å²) in [6.45, 7) is 0. The van der Waals surface area contributed by atoms with Gasteiger partial charge in [0.1, 0.15) is 11.2 Å². The third-order valence-electron chi connectivity index (χ3n) is 2.72. The number of carbonyl (C=O) groups excluding carboxylic acids is 1.